The molecule has 0 radical (unpaired) electrons. The van der Waals surface area contributed by atoms with Crippen LogP contribution in [0.5, 0.6) is 0 Å². The Hall–Kier alpha value is -2.35. The van der Waals surface area contributed by atoms with Gasteiger partial charge in [0.2, 0.25) is 0 Å². The summed E-state index contributed by atoms with van der Waals surface area (Å²) < 4.78 is 0. The summed E-state index contributed by atoms with van der Waals surface area (Å²) >= 11 is 12.0. The van der Waals surface area contributed by atoms with Crippen molar-refractivity contribution in [3.05, 3.63) is 58.9 Å². The average Bonchev–Trinajstić information content (AvgIpc) is 2.73. The van der Waals surface area contributed by atoms with Crippen LogP contribution in [0.1, 0.15) is 31.7 Å². The Balaban J connectivity index is 2.15. The summed E-state index contributed by atoms with van der Waals surface area (Å²) in [5, 5.41) is 10.5. The second-order valence-electron chi connectivity index (χ2n) is 6.81. The van der Waals surface area contributed by atoms with Crippen molar-refractivity contribution in [2.45, 2.75) is 26.2 Å². The molecule has 1 aliphatic heterocycles. The molecule has 1 atom stereocenters. The zero-order chi connectivity index (χ0) is 19.9. The molecular formula is C22H22Cl2N4. The maximum Gasteiger partial charge on any atom is 0.140 e. The highest BCUT2D eigenvalue weighted by Crippen LogP contribution is 2.34. The molecule has 1 unspecified atom stereocenters. The van der Waals surface area contributed by atoms with Crippen LogP contribution >= 0.6 is 23.2 Å². The van der Waals surface area contributed by atoms with Crippen molar-refractivity contribution in [1.29, 1.82) is 5.26 Å². The van der Waals surface area contributed by atoms with E-state index in [0.29, 0.717) is 17.4 Å². The molecule has 1 saturated heterocycles. The van der Waals surface area contributed by atoms with E-state index in [1.165, 1.54) is 5.54 Å². The van der Waals surface area contributed by atoms with E-state index in [2.05, 4.69) is 27.0 Å². The van der Waals surface area contributed by atoms with E-state index in [1.54, 1.807) is 6.33 Å². The molecule has 1 fully saturated rings. The molecular weight excluding hydrogens is 391 g/mol. The number of nitrogens with zero attached hydrogens (tertiary/aromatic N) is 4. The van der Waals surface area contributed by atoms with Crippen LogP contribution in [-0.4, -0.2) is 23.1 Å². The van der Waals surface area contributed by atoms with Gasteiger partial charge in [-0.1, -0.05) is 47.5 Å². The maximum absolute atomic E-state index is 9.09. The summed E-state index contributed by atoms with van der Waals surface area (Å²) in [6.07, 6.45) is 10.1. The summed E-state index contributed by atoms with van der Waals surface area (Å²) in [6, 6.07) is 8.34. The minimum atomic E-state index is 0.370. The first-order valence-corrected chi connectivity index (χ1v) is 10.2. The van der Waals surface area contributed by atoms with Gasteiger partial charge < -0.3 is 4.90 Å². The number of hydrogen-bond acceptors (Lipinski definition) is 4. The Morgan fingerprint density at radius 3 is 3.00 bits per heavy atom. The van der Waals surface area contributed by atoms with Gasteiger partial charge in [0.1, 0.15) is 12.1 Å². The Bertz CT molecular complexity index is 967. The van der Waals surface area contributed by atoms with Crippen LogP contribution in [0.2, 0.25) is 0 Å². The van der Waals surface area contributed by atoms with Crippen molar-refractivity contribution in [2.24, 2.45) is 5.92 Å². The topological polar surface area (TPSA) is 52.8 Å². The Morgan fingerprint density at radius 1 is 1.39 bits per heavy atom. The zero-order valence-corrected chi connectivity index (χ0v) is 17.3. The highest BCUT2D eigenvalue weighted by Gasteiger charge is 2.23. The number of anilines is 1. The summed E-state index contributed by atoms with van der Waals surface area (Å²) in [5.41, 5.74) is 4.18. The number of piperidine rings is 1. The summed E-state index contributed by atoms with van der Waals surface area (Å²) in [6.45, 7) is 3.72. The van der Waals surface area contributed by atoms with Gasteiger partial charge in [-0.3, -0.25) is 0 Å². The molecule has 0 N–H and O–H groups in total. The lowest BCUT2D eigenvalue weighted by Crippen LogP contribution is -2.36. The molecule has 4 nitrogen and oxygen atoms in total. The van der Waals surface area contributed by atoms with E-state index in [4.69, 9.17) is 28.5 Å². The Kier molecular flexibility index (Phi) is 7.08. The van der Waals surface area contributed by atoms with Gasteiger partial charge in [-0.15, -0.1) is 0 Å². The molecule has 6 heteroatoms. The zero-order valence-electron chi connectivity index (χ0n) is 15.8. The summed E-state index contributed by atoms with van der Waals surface area (Å²) in [7, 11) is 0. The van der Waals surface area contributed by atoms with Gasteiger partial charge in [0, 0.05) is 25.0 Å². The number of hydrogen-bond donors (Lipinski definition) is 0. The third-order valence-corrected chi connectivity index (χ3v) is 5.46. The first-order valence-electron chi connectivity index (χ1n) is 9.34. The fourth-order valence-electron chi connectivity index (χ4n) is 3.70. The van der Waals surface area contributed by atoms with Crippen molar-refractivity contribution in [1.82, 2.24) is 9.97 Å². The molecule has 0 saturated carbocycles. The van der Waals surface area contributed by atoms with Gasteiger partial charge in [0.05, 0.1) is 22.0 Å². The van der Waals surface area contributed by atoms with Crippen molar-refractivity contribution in [3.8, 4) is 6.07 Å². The number of nitriles is 1. The van der Waals surface area contributed by atoms with Gasteiger partial charge in [-0.05, 0) is 49.0 Å². The lowest BCUT2D eigenvalue weighted by molar-refractivity contribution is 0.420. The number of allylic oxidation sites excluding steroid dienone is 5. The molecule has 1 aromatic carbocycles. The molecule has 2 aromatic rings. The van der Waals surface area contributed by atoms with Gasteiger partial charge in [0.15, 0.2) is 0 Å². The van der Waals surface area contributed by atoms with E-state index in [1.807, 2.05) is 37.3 Å². The van der Waals surface area contributed by atoms with Gasteiger partial charge in [0.25, 0.3) is 0 Å². The SMILES string of the molecule is C\C=C/C(=C\C(Cl)=C\Cl)c1cccc2ncnc(N3CCCC(CC#N)C3)c12. The largest absolute Gasteiger partial charge is 0.356 e. The monoisotopic (exact) mass is 412 g/mol. The second kappa shape index (κ2) is 9.73. The van der Waals surface area contributed by atoms with E-state index in [-0.39, 0.29) is 0 Å². The molecule has 1 aliphatic rings. The van der Waals surface area contributed by atoms with Crippen molar-refractivity contribution < 1.29 is 0 Å². The van der Waals surface area contributed by atoms with Crippen LogP contribution < -0.4 is 4.90 Å². The normalized spacial score (nSPS) is 18.6. The fourth-order valence-corrected chi connectivity index (χ4v) is 3.88. The standard InChI is InChI=1S/C22H22Cl2N4/c1-2-5-17(12-18(24)13-23)19-7-3-8-20-21(19)22(27-15-26-20)28-11-4-6-16(14-28)9-10-25/h2-3,5,7-8,12-13,15-16H,4,6,9,11,14H2,1H3/b5-2-,17-12+,18-13-. The number of fused-ring (bicyclic) bond motifs is 1. The summed E-state index contributed by atoms with van der Waals surface area (Å²) in [4.78, 5) is 11.4. The minimum Gasteiger partial charge on any atom is -0.356 e. The molecule has 0 bridgehead atoms. The van der Waals surface area contributed by atoms with E-state index >= 15 is 0 Å². The fraction of sp³-hybridized carbons (Fsp3) is 0.318. The van der Waals surface area contributed by atoms with Crippen molar-refractivity contribution in [2.75, 3.05) is 18.0 Å². The highest BCUT2D eigenvalue weighted by molar-refractivity contribution is 6.38. The molecule has 0 spiro atoms. The van der Waals surface area contributed by atoms with Gasteiger partial charge >= 0.3 is 0 Å². The Morgan fingerprint density at radius 2 is 2.25 bits per heavy atom. The number of rotatable bonds is 5. The number of benzene rings is 1. The van der Waals surface area contributed by atoms with Crippen LogP contribution in [0, 0.1) is 17.2 Å². The second-order valence-corrected chi connectivity index (χ2v) is 7.46. The van der Waals surface area contributed by atoms with Crippen LogP contribution in [-0.2, 0) is 0 Å². The van der Waals surface area contributed by atoms with Crippen molar-refractivity contribution in [3.63, 3.8) is 0 Å². The van der Waals surface area contributed by atoms with Gasteiger partial charge in [-0.2, -0.15) is 5.26 Å². The molecule has 0 aliphatic carbocycles. The first-order chi connectivity index (χ1) is 13.7. The van der Waals surface area contributed by atoms with Crippen LogP contribution in [0.4, 0.5) is 5.82 Å². The summed E-state index contributed by atoms with van der Waals surface area (Å²) in [5.74, 6) is 1.28. The molecule has 3 rings (SSSR count). The lowest BCUT2D eigenvalue weighted by Gasteiger charge is -2.33. The lowest BCUT2D eigenvalue weighted by atomic mass is 9.94. The Labute approximate surface area is 175 Å². The molecule has 2 heterocycles. The smallest absolute Gasteiger partial charge is 0.140 e. The highest BCUT2D eigenvalue weighted by atomic mass is 35.5. The van der Waals surface area contributed by atoms with Gasteiger partial charge in [-0.25, -0.2) is 9.97 Å². The van der Waals surface area contributed by atoms with Crippen molar-refractivity contribution >= 4 is 45.5 Å². The first kappa shape index (κ1) is 20.4. The third kappa shape index (κ3) is 4.55. The molecule has 0 amide bonds. The molecule has 28 heavy (non-hydrogen) atoms. The maximum atomic E-state index is 9.09. The third-order valence-electron chi connectivity index (χ3n) is 4.90. The number of aromatic nitrogens is 2. The van der Waals surface area contributed by atoms with Crippen LogP contribution in [0.25, 0.3) is 16.5 Å². The number of halogens is 2. The minimum absolute atomic E-state index is 0.370. The average molecular weight is 413 g/mol. The predicted octanol–water partition coefficient (Wildman–Crippen LogP) is 6.04. The predicted molar refractivity (Wildman–Crippen MR) is 117 cm³/mol. The quantitative estimate of drug-likeness (QED) is 0.561. The van der Waals surface area contributed by atoms with E-state index in [9.17, 15) is 0 Å². The van der Waals surface area contributed by atoms with E-state index < -0.39 is 0 Å². The molecule has 144 valence electrons. The van der Waals surface area contributed by atoms with Crippen LogP contribution in [0.15, 0.2) is 53.3 Å². The van der Waals surface area contributed by atoms with Crippen LogP contribution in [0.3, 0.4) is 0 Å². The molecule has 1 aromatic heterocycles. The van der Waals surface area contributed by atoms with E-state index in [0.717, 1.165) is 53.8 Å².